The Hall–Kier alpha value is -3.80. The van der Waals surface area contributed by atoms with Crippen LogP contribution in [-0.2, 0) is 9.59 Å². The van der Waals surface area contributed by atoms with Gasteiger partial charge in [0, 0.05) is 25.3 Å². The molecule has 0 bridgehead atoms. The predicted octanol–water partition coefficient (Wildman–Crippen LogP) is 4.96. The quantitative estimate of drug-likeness (QED) is 0.267. The number of allylic oxidation sites excluding steroid dienone is 2. The molecule has 0 aliphatic heterocycles. The highest BCUT2D eigenvalue weighted by molar-refractivity contribution is 5.82. The fraction of sp³-hybridized carbons (Fsp3) is 0.231. The summed E-state index contributed by atoms with van der Waals surface area (Å²) in [6.07, 6.45) is 14.7. The lowest BCUT2D eigenvalue weighted by Crippen LogP contribution is -2.17. The first-order chi connectivity index (χ1) is 15.7. The van der Waals surface area contributed by atoms with E-state index in [2.05, 4.69) is 21.1 Å². The molecule has 0 spiro atoms. The first-order valence-corrected chi connectivity index (χ1v) is 10.8. The molecule has 0 aromatic heterocycles. The van der Waals surface area contributed by atoms with Crippen molar-refractivity contribution in [1.82, 2.24) is 10.9 Å². The van der Waals surface area contributed by atoms with Crippen molar-refractivity contribution in [3.8, 4) is 0 Å². The average Bonchev–Trinajstić information content (AvgIpc) is 2.82. The minimum atomic E-state index is -0.106. The highest BCUT2D eigenvalue weighted by atomic mass is 16.2. The van der Waals surface area contributed by atoms with Crippen LogP contribution in [0.25, 0.3) is 12.2 Å². The SMILES string of the molecule is O=C(CCCCCCC(=O)N/N=C/C=C/c1ccccc1)N/N=C/C=C/c1ccccc1. The van der Waals surface area contributed by atoms with Crippen LogP contribution in [-0.4, -0.2) is 24.2 Å². The van der Waals surface area contributed by atoms with Gasteiger partial charge in [-0.2, -0.15) is 10.2 Å². The average molecular weight is 431 g/mol. The molecule has 6 nitrogen and oxygen atoms in total. The normalized spacial score (nSPS) is 11.6. The lowest BCUT2D eigenvalue weighted by Gasteiger charge is -2.01. The number of hydrazone groups is 2. The molecule has 166 valence electrons. The van der Waals surface area contributed by atoms with E-state index in [9.17, 15) is 9.59 Å². The van der Waals surface area contributed by atoms with Crippen LogP contribution in [0, 0.1) is 0 Å². The summed E-state index contributed by atoms with van der Waals surface area (Å²) in [6.45, 7) is 0. The highest BCUT2D eigenvalue weighted by Crippen LogP contribution is 2.05. The van der Waals surface area contributed by atoms with Crippen molar-refractivity contribution < 1.29 is 9.59 Å². The van der Waals surface area contributed by atoms with Gasteiger partial charge in [-0.3, -0.25) is 9.59 Å². The number of rotatable bonds is 13. The number of hydrogen-bond donors (Lipinski definition) is 2. The first-order valence-electron chi connectivity index (χ1n) is 10.8. The molecule has 32 heavy (non-hydrogen) atoms. The van der Waals surface area contributed by atoms with Crippen molar-refractivity contribution in [2.75, 3.05) is 0 Å². The number of nitrogens with zero attached hydrogens (tertiary/aromatic N) is 2. The van der Waals surface area contributed by atoms with Crippen molar-refractivity contribution in [2.24, 2.45) is 10.2 Å². The van der Waals surface area contributed by atoms with Gasteiger partial charge in [0.15, 0.2) is 0 Å². The smallest absolute Gasteiger partial charge is 0.240 e. The van der Waals surface area contributed by atoms with E-state index in [0.717, 1.165) is 36.8 Å². The van der Waals surface area contributed by atoms with Gasteiger partial charge in [-0.05, 0) is 36.1 Å². The molecule has 0 atom stereocenters. The van der Waals surface area contributed by atoms with Crippen LogP contribution in [0.15, 0.2) is 83.0 Å². The fourth-order valence-corrected chi connectivity index (χ4v) is 2.78. The fourth-order valence-electron chi connectivity index (χ4n) is 2.78. The largest absolute Gasteiger partial charge is 0.273 e. The Bertz CT molecular complexity index is 842. The van der Waals surface area contributed by atoms with Crippen molar-refractivity contribution in [3.05, 3.63) is 83.9 Å². The molecule has 2 aromatic rings. The van der Waals surface area contributed by atoms with Crippen molar-refractivity contribution >= 4 is 36.4 Å². The zero-order valence-electron chi connectivity index (χ0n) is 18.2. The number of carbonyl (C=O) groups is 2. The number of nitrogens with one attached hydrogen (secondary N) is 2. The molecule has 0 saturated heterocycles. The second-order valence-electron chi connectivity index (χ2n) is 7.08. The monoisotopic (exact) mass is 430 g/mol. The van der Waals surface area contributed by atoms with E-state index in [0.29, 0.717) is 12.8 Å². The molecular formula is C26H30N4O2. The van der Waals surface area contributed by atoms with Crippen LogP contribution in [0.5, 0.6) is 0 Å². The van der Waals surface area contributed by atoms with Gasteiger partial charge in [-0.25, -0.2) is 10.9 Å². The molecule has 2 N–H and O–H groups in total. The number of hydrogen-bond acceptors (Lipinski definition) is 4. The van der Waals surface area contributed by atoms with Crippen LogP contribution in [0.1, 0.15) is 49.7 Å². The van der Waals surface area contributed by atoms with Crippen molar-refractivity contribution in [3.63, 3.8) is 0 Å². The van der Waals surface area contributed by atoms with Crippen LogP contribution >= 0.6 is 0 Å². The lowest BCUT2D eigenvalue weighted by molar-refractivity contribution is -0.122. The van der Waals surface area contributed by atoms with E-state index in [1.54, 1.807) is 24.6 Å². The number of unbranched alkanes of at least 4 members (excludes halogenated alkanes) is 3. The van der Waals surface area contributed by atoms with E-state index in [1.165, 1.54) is 0 Å². The van der Waals surface area contributed by atoms with Crippen LogP contribution in [0.3, 0.4) is 0 Å². The molecular weight excluding hydrogens is 400 g/mol. The lowest BCUT2D eigenvalue weighted by atomic mass is 10.1. The van der Waals surface area contributed by atoms with Gasteiger partial charge in [0.2, 0.25) is 11.8 Å². The Morgan fingerprint density at radius 3 is 1.44 bits per heavy atom. The van der Waals surface area contributed by atoms with Crippen molar-refractivity contribution in [2.45, 2.75) is 38.5 Å². The Labute approximate surface area is 189 Å². The summed E-state index contributed by atoms with van der Waals surface area (Å²) in [7, 11) is 0. The Morgan fingerprint density at radius 2 is 1.03 bits per heavy atom. The van der Waals surface area contributed by atoms with Crippen LogP contribution < -0.4 is 10.9 Å². The number of carbonyl (C=O) groups excluding carboxylic acids is 2. The van der Waals surface area contributed by atoms with E-state index < -0.39 is 0 Å². The topological polar surface area (TPSA) is 82.9 Å². The van der Waals surface area contributed by atoms with E-state index >= 15 is 0 Å². The molecule has 0 saturated carbocycles. The summed E-state index contributed by atoms with van der Waals surface area (Å²) < 4.78 is 0. The third kappa shape index (κ3) is 12.0. The third-order valence-corrected chi connectivity index (χ3v) is 4.43. The summed E-state index contributed by atoms with van der Waals surface area (Å²) in [5.74, 6) is -0.213. The summed E-state index contributed by atoms with van der Waals surface area (Å²) in [5.41, 5.74) is 7.18. The Kier molecular flexibility index (Phi) is 12.2. The summed E-state index contributed by atoms with van der Waals surface area (Å²) >= 11 is 0. The maximum Gasteiger partial charge on any atom is 0.240 e. The first kappa shape index (κ1) is 24.5. The number of benzene rings is 2. The van der Waals surface area contributed by atoms with Gasteiger partial charge >= 0.3 is 0 Å². The zero-order valence-corrected chi connectivity index (χ0v) is 18.2. The Morgan fingerprint density at radius 1 is 0.625 bits per heavy atom. The maximum absolute atomic E-state index is 11.7. The van der Waals surface area contributed by atoms with Gasteiger partial charge in [0.05, 0.1) is 0 Å². The molecule has 2 amide bonds. The Balaban J connectivity index is 1.45. The van der Waals surface area contributed by atoms with Gasteiger partial charge < -0.3 is 0 Å². The molecule has 0 aliphatic carbocycles. The van der Waals surface area contributed by atoms with E-state index in [1.807, 2.05) is 72.8 Å². The van der Waals surface area contributed by atoms with Gasteiger partial charge in [0.1, 0.15) is 0 Å². The predicted molar refractivity (Wildman–Crippen MR) is 132 cm³/mol. The standard InChI is InChI=1S/C26H30N4O2/c31-25(29-27-21-11-17-23-13-5-3-6-14-23)19-9-1-2-10-20-26(32)30-28-22-12-18-24-15-7-4-8-16-24/h3-8,11-18,21-22H,1-2,9-10,19-20H2,(H,29,31)(H,30,32)/b17-11+,18-12+,27-21+,28-22+. The van der Waals surface area contributed by atoms with Gasteiger partial charge in [0.25, 0.3) is 0 Å². The zero-order chi connectivity index (χ0) is 22.7. The van der Waals surface area contributed by atoms with Crippen LogP contribution in [0.4, 0.5) is 0 Å². The highest BCUT2D eigenvalue weighted by Gasteiger charge is 2.01. The molecule has 0 heterocycles. The number of amides is 2. The minimum absolute atomic E-state index is 0.106. The molecule has 2 aromatic carbocycles. The molecule has 6 heteroatoms. The second kappa shape index (κ2) is 16.0. The molecule has 0 fully saturated rings. The minimum Gasteiger partial charge on any atom is -0.273 e. The third-order valence-electron chi connectivity index (χ3n) is 4.43. The molecule has 0 aliphatic rings. The van der Waals surface area contributed by atoms with Gasteiger partial charge in [-0.15, -0.1) is 0 Å². The van der Waals surface area contributed by atoms with E-state index in [4.69, 9.17) is 0 Å². The summed E-state index contributed by atoms with van der Waals surface area (Å²) in [6, 6.07) is 19.7. The molecule has 0 unspecified atom stereocenters. The summed E-state index contributed by atoms with van der Waals surface area (Å²) in [5, 5.41) is 7.80. The molecule has 0 radical (unpaired) electrons. The maximum atomic E-state index is 11.7. The van der Waals surface area contributed by atoms with Crippen molar-refractivity contribution in [1.29, 1.82) is 0 Å². The molecule has 2 rings (SSSR count). The van der Waals surface area contributed by atoms with E-state index in [-0.39, 0.29) is 11.8 Å². The summed E-state index contributed by atoms with van der Waals surface area (Å²) in [4.78, 5) is 23.5. The van der Waals surface area contributed by atoms with Crippen LogP contribution in [0.2, 0.25) is 0 Å². The van der Waals surface area contributed by atoms with Gasteiger partial charge in [-0.1, -0.05) is 85.7 Å². The second-order valence-corrected chi connectivity index (χ2v) is 7.08.